The molecule has 2 N–H and O–H groups in total. The van der Waals surface area contributed by atoms with Gasteiger partial charge in [0.15, 0.2) is 0 Å². The van der Waals surface area contributed by atoms with Crippen molar-refractivity contribution in [1.82, 2.24) is 4.98 Å². The summed E-state index contributed by atoms with van der Waals surface area (Å²) in [5.41, 5.74) is 2.39. The standard InChI is InChI=1S/C16H14BNO3/c19-17(20)14-6-8-15(9-7-14)21-11-13-4-1-3-12-5-2-10-18-16(12)13/h1-10,19-20H,11H2. The highest BCUT2D eigenvalue weighted by Crippen LogP contribution is 2.18. The number of pyridine rings is 1. The first-order valence-corrected chi connectivity index (χ1v) is 6.65. The lowest BCUT2D eigenvalue weighted by molar-refractivity contribution is 0.307. The number of benzene rings is 2. The smallest absolute Gasteiger partial charge is 0.488 e. The average molecular weight is 279 g/mol. The van der Waals surface area contributed by atoms with Crippen molar-refractivity contribution in [2.24, 2.45) is 0 Å². The van der Waals surface area contributed by atoms with Gasteiger partial charge >= 0.3 is 7.12 Å². The van der Waals surface area contributed by atoms with Gasteiger partial charge in [-0.3, -0.25) is 4.98 Å². The Morgan fingerprint density at radius 2 is 1.71 bits per heavy atom. The molecule has 0 spiro atoms. The molecule has 104 valence electrons. The van der Waals surface area contributed by atoms with Gasteiger partial charge in [-0.15, -0.1) is 0 Å². The predicted octanol–water partition coefficient (Wildman–Crippen LogP) is 1.49. The maximum absolute atomic E-state index is 9.05. The van der Waals surface area contributed by atoms with Gasteiger partial charge in [0.25, 0.3) is 0 Å². The minimum absolute atomic E-state index is 0.412. The van der Waals surface area contributed by atoms with Crippen molar-refractivity contribution in [2.75, 3.05) is 0 Å². The molecule has 0 aliphatic heterocycles. The first kappa shape index (κ1) is 13.6. The summed E-state index contributed by atoms with van der Waals surface area (Å²) < 4.78 is 5.73. The molecule has 1 aromatic heterocycles. The van der Waals surface area contributed by atoms with Crippen LogP contribution in [0.5, 0.6) is 5.75 Å². The summed E-state index contributed by atoms with van der Waals surface area (Å²) in [6, 6.07) is 16.6. The number of nitrogens with zero attached hydrogens (tertiary/aromatic N) is 1. The van der Waals surface area contributed by atoms with Crippen molar-refractivity contribution in [3.63, 3.8) is 0 Å². The molecular weight excluding hydrogens is 265 g/mol. The second kappa shape index (κ2) is 5.95. The Labute approximate surface area is 122 Å². The van der Waals surface area contributed by atoms with Crippen LogP contribution in [-0.2, 0) is 6.61 Å². The van der Waals surface area contributed by atoms with Crippen molar-refractivity contribution in [3.8, 4) is 5.75 Å². The molecule has 0 amide bonds. The van der Waals surface area contributed by atoms with E-state index in [2.05, 4.69) is 4.98 Å². The summed E-state index contributed by atoms with van der Waals surface area (Å²) in [7, 11) is -1.46. The van der Waals surface area contributed by atoms with Crippen molar-refractivity contribution >= 4 is 23.5 Å². The third kappa shape index (κ3) is 3.04. The maximum Gasteiger partial charge on any atom is 0.488 e. The maximum atomic E-state index is 9.05. The van der Waals surface area contributed by atoms with E-state index in [-0.39, 0.29) is 0 Å². The molecular formula is C16H14BNO3. The summed E-state index contributed by atoms with van der Waals surface area (Å²) in [5.74, 6) is 0.673. The largest absolute Gasteiger partial charge is 0.489 e. The Morgan fingerprint density at radius 1 is 0.952 bits per heavy atom. The Hall–Kier alpha value is -2.37. The first-order valence-electron chi connectivity index (χ1n) is 6.65. The van der Waals surface area contributed by atoms with E-state index in [1.807, 2.05) is 30.3 Å². The Balaban J connectivity index is 1.77. The van der Waals surface area contributed by atoms with Gasteiger partial charge in [0.2, 0.25) is 0 Å². The minimum Gasteiger partial charge on any atom is -0.489 e. The predicted molar refractivity (Wildman–Crippen MR) is 82.3 cm³/mol. The van der Waals surface area contributed by atoms with Gasteiger partial charge < -0.3 is 14.8 Å². The Kier molecular flexibility index (Phi) is 3.86. The summed E-state index contributed by atoms with van der Waals surface area (Å²) >= 11 is 0. The lowest BCUT2D eigenvalue weighted by Crippen LogP contribution is -2.29. The van der Waals surface area contributed by atoms with Crippen LogP contribution in [0.3, 0.4) is 0 Å². The number of aromatic nitrogens is 1. The fourth-order valence-electron chi connectivity index (χ4n) is 2.18. The molecule has 0 saturated heterocycles. The van der Waals surface area contributed by atoms with Crippen LogP contribution < -0.4 is 10.2 Å². The van der Waals surface area contributed by atoms with Gasteiger partial charge in [0, 0.05) is 17.1 Å². The summed E-state index contributed by atoms with van der Waals surface area (Å²) in [6.07, 6.45) is 1.77. The van der Waals surface area contributed by atoms with Crippen LogP contribution in [0.1, 0.15) is 5.56 Å². The highest BCUT2D eigenvalue weighted by molar-refractivity contribution is 6.58. The first-order chi connectivity index (χ1) is 10.2. The lowest BCUT2D eigenvalue weighted by atomic mass is 9.80. The van der Waals surface area contributed by atoms with E-state index in [0.29, 0.717) is 17.8 Å². The molecule has 21 heavy (non-hydrogen) atoms. The molecule has 0 aliphatic rings. The van der Waals surface area contributed by atoms with Crippen LogP contribution in [0.2, 0.25) is 0 Å². The van der Waals surface area contributed by atoms with Crippen LogP contribution in [0.4, 0.5) is 0 Å². The van der Waals surface area contributed by atoms with E-state index in [1.165, 1.54) is 0 Å². The van der Waals surface area contributed by atoms with Crippen molar-refractivity contribution in [2.45, 2.75) is 6.61 Å². The van der Waals surface area contributed by atoms with Gasteiger partial charge in [-0.1, -0.05) is 36.4 Å². The zero-order valence-corrected chi connectivity index (χ0v) is 11.3. The summed E-state index contributed by atoms with van der Waals surface area (Å²) in [6.45, 7) is 0.412. The highest BCUT2D eigenvalue weighted by Gasteiger charge is 2.10. The van der Waals surface area contributed by atoms with E-state index in [4.69, 9.17) is 14.8 Å². The van der Waals surface area contributed by atoms with Crippen LogP contribution in [0.15, 0.2) is 60.8 Å². The quantitative estimate of drug-likeness (QED) is 0.710. The molecule has 0 fully saturated rings. The van der Waals surface area contributed by atoms with Crippen LogP contribution in [0, 0.1) is 0 Å². The van der Waals surface area contributed by atoms with E-state index in [1.54, 1.807) is 30.5 Å². The van der Waals surface area contributed by atoms with Gasteiger partial charge in [-0.05, 0) is 23.7 Å². The molecule has 0 aliphatic carbocycles. The van der Waals surface area contributed by atoms with Gasteiger partial charge in [-0.2, -0.15) is 0 Å². The van der Waals surface area contributed by atoms with Crippen molar-refractivity contribution in [3.05, 3.63) is 66.4 Å². The molecule has 2 aromatic carbocycles. The number of ether oxygens (including phenoxy) is 1. The zero-order chi connectivity index (χ0) is 14.7. The molecule has 3 aromatic rings. The van der Waals surface area contributed by atoms with Crippen molar-refractivity contribution < 1.29 is 14.8 Å². The van der Waals surface area contributed by atoms with Crippen LogP contribution in [0.25, 0.3) is 10.9 Å². The van der Waals surface area contributed by atoms with Crippen LogP contribution in [-0.4, -0.2) is 22.2 Å². The Bertz CT molecular complexity index is 739. The monoisotopic (exact) mass is 279 g/mol. The number of rotatable bonds is 4. The fraction of sp³-hybridized carbons (Fsp3) is 0.0625. The number of para-hydroxylation sites is 1. The van der Waals surface area contributed by atoms with Crippen LogP contribution >= 0.6 is 0 Å². The van der Waals surface area contributed by atoms with E-state index < -0.39 is 7.12 Å². The summed E-state index contributed by atoms with van der Waals surface area (Å²) in [5, 5.41) is 19.2. The molecule has 5 heteroatoms. The molecule has 0 saturated carbocycles. The third-order valence-corrected chi connectivity index (χ3v) is 3.29. The molecule has 0 radical (unpaired) electrons. The minimum atomic E-state index is -1.46. The SMILES string of the molecule is OB(O)c1ccc(OCc2cccc3cccnc23)cc1. The van der Waals surface area contributed by atoms with Gasteiger partial charge in [0.05, 0.1) is 5.52 Å². The molecule has 0 unspecified atom stereocenters. The summed E-state index contributed by atoms with van der Waals surface area (Å²) in [4.78, 5) is 4.38. The van der Waals surface area contributed by atoms with Gasteiger partial charge in [-0.25, -0.2) is 0 Å². The average Bonchev–Trinajstić information content (AvgIpc) is 2.53. The number of hydrogen-bond donors (Lipinski definition) is 2. The van der Waals surface area contributed by atoms with E-state index in [9.17, 15) is 0 Å². The highest BCUT2D eigenvalue weighted by atomic mass is 16.5. The fourth-order valence-corrected chi connectivity index (χ4v) is 2.18. The normalized spacial score (nSPS) is 10.6. The molecule has 0 atom stereocenters. The van der Waals surface area contributed by atoms with Gasteiger partial charge in [0.1, 0.15) is 12.4 Å². The van der Waals surface area contributed by atoms with Crippen molar-refractivity contribution in [1.29, 1.82) is 0 Å². The molecule has 0 bridgehead atoms. The van der Waals surface area contributed by atoms with E-state index >= 15 is 0 Å². The molecule has 3 rings (SSSR count). The third-order valence-electron chi connectivity index (χ3n) is 3.29. The molecule has 4 nitrogen and oxygen atoms in total. The zero-order valence-electron chi connectivity index (χ0n) is 11.3. The van der Waals surface area contributed by atoms with E-state index in [0.717, 1.165) is 16.5 Å². The Morgan fingerprint density at radius 3 is 2.48 bits per heavy atom. The molecule has 1 heterocycles. The topological polar surface area (TPSA) is 62.6 Å². The second-order valence-electron chi connectivity index (χ2n) is 4.72. The second-order valence-corrected chi connectivity index (χ2v) is 4.72. The lowest BCUT2D eigenvalue weighted by Gasteiger charge is -2.09. The number of fused-ring (bicyclic) bond motifs is 1. The number of hydrogen-bond acceptors (Lipinski definition) is 4.